The van der Waals surface area contributed by atoms with Gasteiger partial charge < -0.3 is 11.1 Å². The Hall–Kier alpha value is -2.69. The van der Waals surface area contributed by atoms with Gasteiger partial charge >= 0.3 is 0 Å². The van der Waals surface area contributed by atoms with E-state index in [1.54, 1.807) is 6.07 Å². The molecule has 5 nitrogen and oxygen atoms in total. The number of aromatic nitrogens is 1. The first kappa shape index (κ1) is 16.2. The fourth-order valence-corrected chi connectivity index (χ4v) is 3.22. The van der Waals surface area contributed by atoms with Crippen molar-refractivity contribution >= 4 is 17.6 Å². The number of carbonyl (C=O) groups excluding carboxylic acids is 2. The highest BCUT2D eigenvalue weighted by Crippen LogP contribution is 2.27. The van der Waals surface area contributed by atoms with Crippen molar-refractivity contribution in [1.29, 1.82) is 0 Å². The van der Waals surface area contributed by atoms with Gasteiger partial charge in [0.25, 0.3) is 0 Å². The Bertz CT molecular complexity index is 738. The SMILES string of the molecule is NC(=O)c1ccnc(NC(=O)C2CCCC2)c1Cc1ccccc1. The number of hydrogen-bond acceptors (Lipinski definition) is 3. The van der Waals surface area contributed by atoms with Crippen LogP contribution in [0.4, 0.5) is 5.82 Å². The number of nitrogens with one attached hydrogen (secondary N) is 1. The number of primary amides is 1. The molecule has 2 amide bonds. The van der Waals surface area contributed by atoms with Crippen LogP contribution >= 0.6 is 0 Å². The van der Waals surface area contributed by atoms with Gasteiger partial charge in [0.1, 0.15) is 5.82 Å². The minimum Gasteiger partial charge on any atom is -0.366 e. The fourth-order valence-electron chi connectivity index (χ4n) is 3.22. The zero-order valence-corrected chi connectivity index (χ0v) is 13.5. The number of amides is 2. The van der Waals surface area contributed by atoms with Gasteiger partial charge in [-0.3, -0.25) is 9.59 Å². The number of rotatable bonds is 5. The predicted molar refractivity (Wildman–Crippen MR) is 92.6 cm³/mol. The average Bonchev–Trinajstić information content (AvgIpc) is 3.12. The van der Waals surface area contributed by atoms with Crippen LogP contribution in [-0.2, 0) is 11.2 Å². The summed E-state index contributed by atoms with van der Waals surface area (Å²) in [7, 11) is 0. The normalized spacial score (nSPS) is 14.5. The molecule has 1 saturated carbocycles. The summed E-state index contributed by atoms with van der Waals surface area (Å²) in [6.07, 6.45) is 6.00. The van der Waals surface area contributed by atoms with Crippen molar-refractivity contribution in [2.24, 2.45) is 11.7 Å². The summed E-state index contributed by atoms with van der Waals surface area (Å²) >= 11 is 0. The van der Waals surface area contributed by atoms with Crippen LogP contribution in [0.2, 0.25) is 0 Å². The number of nitrogens with zero attached hydrogens (tertiary/aromatic N) is 1. The number of anilines is 1. The third kappa shape index (κ3) is 3.62. The van der Waals surface area contributed by atoms with Crippen molar-refractivity contribution in [3.8, 4) is 0 Å². The molecule has 124 valence electrons. The van der Waals surface area contributed by atoms with Gasteiger partial charge in [0.05, 0.1) is 0 Å². The van der Waals surface area contributed by atoms with E-state index in [1.807, 2.05) is 30.3 Å². The molecule has 0 aliphatic heterocycles. The highest BCUT2D eigenvalue weighted by atomic mass is 16.2. The van der Waals surface area contributed by atoms with Crippen LogP contribution in [-0.4, -0.2) is 16.8 Å². The first-order valence-corrected chi connectivity index (χ1v) is 8.27. The molecular weight excluding hydrogens is 302 g/mol. The lowest BCUT2D eigenvalue weighted by Gasteiger charge is -2.15. The van der Waals surface area contributed by atoms with Crippen LogP contribution in [0, 0.1) is 5.92 Å². The monoisotopic (exact) mass is 323 g/mol. The van der Waals surface area contributed by atoms with Crippen molar-refractivity contribution in [2.75, 3.05) is 5.32 Å². The largest absolute Gasteiger partial charge is 0.366 e. The van der Waals surface area contributed by atoms with Crippen LogP contribution in [0.15, 0.2) is 42.6 Å². The molecule has 0 radical (unpaired) electrons. The Morgan fingerprint density at radius 2 is 1.83 bits per heavy atom. The van der Waals surface area contributed by atoms with E-state index in [4.69, 9.17) is 5.73 Å². The van der Waals surface area contributed by atoms with E-state index in [0.717, 1.165) is 31.2 Å². The predicted octanol–water partition coefficient (Wildman–Crippen LogP) is 2.90. The standard InChI is InChI=1S/C19H21N3O2/c20-17(23)15-10-11-21-18(22-19(24)14-8-4-5-9-14)16(15)12-13-6-2-1-3-7-13/h1-3,6-7,10-11,14H,4-5,8-9,12H2,(H2,20,23)(H,21,22,24). The summed E-state index contributed by atoms with van der Waals surface area (Å²) in [5.74, 6) is -0.0590. The summed E-state index contributed by atoms with van der Waals surface area (Å²) in [6.45, 7) is 0. The van der Waals surface area contributed by atoms with E-state index < -0.39 is 5.91 Å². The summed E-state index contributed by atoms with van der Waals surface area (Å²) in [4.78, 5) is 28.5. The minimum absolute atomic E-state index is 0.0177. The van der Waals surface area contributed by atoms with E-state index in [0.29, 0.717) is 23.4 Å². The number of pyridine rings is 1. The third-order valence-electron chi connectivity index (χ3n) is 4.51. The summed E-state index contributed by atoms with van der Waals surface area (Å²) < 4.78 is 0. The first-order chi connectivity index (χ1) is 11.6. The maximum Gasteiger partial charge on any atom is 0.249 e. The Morgan fingerprint density at radius 1 is 1.12 bits per heavy atom. The summed E-state index contributed by atoms with van der Waals surface area (Å²) in [6, 6.07) is 11.4. The van der Waals surface area contributed by atoms with E-state index in [9.17, 15) is 9.59 Å². The van der Waals surface area contributed by atoms with Gasteiger partial charge in [0, 0.05) is 29.7 Å². The van der Waals surface area contributed by atoms with Gasteiger partial charge in [-0.15, -0.1) is 0 Å². The molecule has 0 atom stereocenters. The quantitative estimate of drug-likeness (QED) is 0.887. The Labute approximate surface area is 141 Å². The molecule has 0 unspecified atom stereocenters. The van der Waals surface area contributed by atoms with Gasteiger partial charge in [0.2, 0.25) is 11.8 Å². The smallest absolute Gasteiger partial charge is 0.249 e. The van der Waals surface area contributed by atoms with E-state index >= 15 is 0 Å². The lowest BCUT2D eigenvalue weighted by molar-refractivity contribution is -0.119. The number of hydrogen-bond donors (Lipinski definition) is 2. The van der Waals surface area contributed by atoms with Crippen molar-refractivity contribution < 1.29 is 9.59 Å². The number of nitrogens with two attached hydrogens (primary N) is 1. The van der Waals surface area contributed by atoms with Crippen LogP contribution in [0.3, 0.4) is 0 Å². The molecular formula is C19H21N3O2. The zero-order valence-electron chi connectivity index (χ0n) is 13.5. The number of carbonyl (C=O) groups is 2. The van der Waals surface area contributed by atoms with Gasteiger partial charge in [-0.25, -0.2) is 4.98 Å². The van der Waals surface area contributed by atoms with Crippen molar-refractivity contribution in [3.05, 3.63) is 59.3 Å². The van der Waals surface area contributed by atoms with Gasteiger partial charge in [-0.1, -0.05) is 43.2 Å². The fraction of sp³-hybridized carbons (Fsp3) is 0.316. The molecule has 3 N–H and O–H groups in total. The lowest BCUT2D eigenvalue weighted by atomic mass is 9.99. The van der Waals surface area contributed by atoms with Gasteiger partial charge in [0.15, 0.2) is 0 Å². The Kier molecular flexibility index (Phi) is 4.89. The van der Waals surface area contributed by atoms with Crippen molar-refractivity contribution in [1.82, 2.24) is 4.98 Å². The van der Waals surface area contributed by atoms with E-state index in [-0.39, 0.29) is 11.8 Å². The van der Waals surface area contributed by atoms with Gasteiger partial charge in [-0.2, -0.15) is 0 Å². The van der Waals surface area contributed by atoms with E-state index in [1.165, 1.54) is 6.20 Å². The molecule has 2 aromatic rings. The molecule has 1 heterocycles. The molecule has 1 aromatic heterocycles. The van der Waals surface area contributed by atoms with Crippen LogP contribution in [0.5, 0.6) is 0 Å². The maximum atomic E-state index is 12.4. The summed E-state index contributed by atoms with van der Waals surface area (Å²) in [5.41, 5.74) is 7.61. The van der Waals surface area contributed by atoms with E-state index in [2.05, 4.69) is 10.3 Å². The second kappa shape index (κ2) is 7.25. The highest BCUT2D eigenvalue weighted by Gasteiger charge is 2.24. The second-order valence-electron chi connectivity index (χ2n) is 6.18. The summed E-state index contributed by atoms with van der Waals surface area (Å²) in [5, 5.41) is 2.91. The lowest BCUT2D eigenvalue weighted by Crippen LogP contribution is -2.23. The van der Waals surface area contributed by atoms with Crippen LogP contribution in [0.25, 0.3) is 0 Å². The van der Waals surface area contributed by atoms with Crippen LogP contribution in [0.1, 0.15) is 47.2 Å². The Balaban J connectivity index is 1.91. The third-order valence-corrected chi connectivity index (χ3v) is 4.51. The maximum absolute atomic E-state index is 12.4. The van der Waals surface area contributed by atoms with Crippen molar-refractivity contribution in [2.45, 2.75) is 32.1 Å². The molecule has 24 heavy (non-hydrogen) atoms. The first-order valence-electron chi connectivity index (χ1n) is 8.27. The molecule has 3 rings (SSSR count). The number of benzene rings is 1. The molecule has 5 heteroatoms. The van der Waals surface area contributed by atoms with Crippen molar-refractivity contribution in [3.63, 3.8) is 0 Å². The van der Waals surface area contributed by atoms with Crippen LogP contribution < -0.4 is 11.1 Å². The Morgan fingerprint density at radius 3 is 2.50 bits per heavy atom. The van der Waals surface area contributed by atoms with Gasteiger partial charge in [-0.05, 0) is 24.5 Å². The molecule has 1 aromatic carbocycles. The molecule has 1 aliphatic rings. The molecule has 1 aliphatic carbocycles. The molecule has 0 bridgehead atoms. The topological polar surface area (TPSA) is 85.1 Å². The molecule has 1 fully saturated rings. The second-order valence-corrected chi connectivity index (χ2v) is 6.18. The zero-order chi connectivity index (χ0) is 16.9. The highest BCUT2D eigenvalue weighted by molar-refractivity contribution is 5.98. The average molecular weight is 323 g/mol. The minimum atomic E-state index is -0.514. The molecule has 0 saturated heterocycles. The molecule has 0 spiro atoms.